The zero-order valence-corrected chi connectivity index (χ0v) is 16.1. The lowest BCUT2D eigenvalue weighted by Gasteiger charge is -2.10. The van der Waals surface area contributed by atoms with E-state index in [0.29, 0.717) is 17.2 Å². The van der Waals surface area contributed by atoms with Gasteiger partial charge in [0.25, 0.3) is 0 Å². The summed E-state index contributed by atoms with van der Waals surface area (Å²) in [5.74, 6) is 0.195. The van der Waals surface area contributed by atoms with E-state index < -0.39 is 5.97 Å². The summed E-state index contributed by atoms with van der Waals surface area (Å²) < 4.78 is 17.2. The predicted molar refractivity (Wildman–Crippen MR) is 108 cm³/mol. The summed E-state index contributed by atoms with van der Waals surface area (Å²) in [6.07, 6.45) is 1.75. The van der Waals surface area contributed by atoms with E-state index in [1.54, 1.807) is 47.0 Å². The Labute approximate surface area is 166 Å². The van der Waals surface area contributed by atoms with Gasteiger partial charge >= 0.3 is 5.97 Å². The SMILES string of the molecule is COC(=O)c1cc(-c2ccc(O)c(OC)c2)c2c3cc(OC)c(O)cc3ccn12. The van der Waals surface area contributed by atoms with Crippen LogP contribution in [0.25, 0.3) is 27.4 Å². The van der Waals surface area contributed by atoms with E-state index in [1.807, 2.05) is 0 Å². The maximum Gasteiger partial charge on any atom is 0.355 e. The molecule has 2 aromatic carbocycles. The highest BCUT2D eigenvalue weighted by molar-refractivity contribution is 6.07. The van der Waals surface area contributed by atoms with Crippen LogP contribution in [0.15, 0.2) is 48.7 Å². The van der Waals surface area contributed by atoms with E-state index in [2.05, 4.69) is 0 Å². The first-order chi connectivity index (χ1) is 14.0. The van der Waals surface area contributed by atoms with Crippen LogP contribution >= 0.6 is 0 Å². The molecule has 0 amide bonds. The number of nitrogens with zero attached hydrogens (tertiary/aromatic N) is 1. The number of phenols is 2. The number of esters is 1. The summed E-state index contributed by atoms with van der Waals surface area (Å²) in [6, 6.07) is 11.8. The van der Waals surface area contributed by atoms with Gasteiger partial charge in [0.05, 0.1) is 26.8 Å². The standard InChI is InChI=1S/C22H19NO6/c1-27-19-9-12(4-5-17(19)24)14-10-16(22(26)29-3)23-7-6-13-8-18(25)20(28-2)11-15(13)21(14)23/h4-11,24-25H,1-3H3. The van der Waals surface area contributed by atoms with Gasteiger partial charge in [-0.3, -0.25) is 0 Å². The Balaban J connectivity index is 2.13. The van der Waals surface area contributed by atoms with Gasteiger partial charge in [-0.15, -0.1) is 0 Å². The lowest BCUT2D eigenvalue weighted by Crippen LogP contribution is -2.04. The normalized spacial score (nSPS) is 11.0. The second-order valence-electron chi connectivity index (χ2n) is 6.47. The average Bonchev–Trinajstić information content (AvgIpc) is 3.13. The van der Waals surface area contributed by atoms with Crippen molar-refractivity contribution in [2.45, 2.75) is 0 Å². The van der Waals surface area contributed by atoms with Crippen LogP contribution in [0.4, 0.5) is 0 Å². The number of hydrogen-bond acceptors (Lipinski definition) is 6. The molecular weight excluding hydrogens is 374 g/mol. The van der Waals surface area contributed by atoms with Crippen molar-refractivity contribution in [3.63, 3.8) is 0 Å². The minimum Gasteiger partial charge on any atom is -0.504 e. The zero-order valence-electron chi connectivity index (χ0n) is 16.1. The summed E-state index contributed by atoms with van der Waals surface area (Å²) in [7, 11) is 4.28. The zero-order chi connectivity index (χ0) is 20.7. The summed E-state index contributed by atoms with van der Waals surface area (Å²) in [5.41, 5.74) is 2.56. The Kier molecular flexibility index (Phi) is 4.43. The molecule has 7 nitrogen and oxygen atoms in total. The second kappa shape index (κ2) is 6.94. The number of aromatic nitrogens is 1. The van der Waals surface area contributed by atoms with Gasteiger partial charge < -0.3 is 28.8 Å². The first-order valence-electron chi connectivity index (χ1n) is 8.79. The van der Waals surface area contributed by atoms with Crippen molar-refractivity contribution in [3.05, 3.63) is 54.4 Å². The van der Waals surface area contributed by atoms with Crippen LogP contribution in [0.3, 0.4) is 0 Å². The van der Waals surface area contributed by atoms with Crippen LogP contribution in [0, 0.1) is 0 Å². The monoisotopic (exact) mass is 393 g/mol. The van der Waals surface area contributed by atoms with E-state index in [0.717, 1.165) is 27.4 Å². The number of pyridine rings is 1. The van der Waals surface area contributed by atoms with E-state index in [1.165, 1.54) is 27.4 Å². The maximum atomic E-state index is 12.4. The van der Waals surface area contributed by atoms with E-state index >= 15 is 0 Å². The molecule has 0 saturated heterocycles. The summed E-state index contributed by atoms with van der Waals surface area (Å²) >= 11 is 0. The lowest BCUT2D eigenvalue weighted by molar-refractivity contribution is 0.0593. The van der Waals surface area contributed by atoms with Gasteiger partial charge in [-0.1, -0.05) is 6.07 Å². The Hall–Kier alpha value is -3.87. The van der Waals surface area contributed by atoms with Crippen LogP contribution in [0.2, 0.25) is 0 Å². The minimum absolute atomic E-state index is 0.0180. The third-order valence-electron chi connectivity index (χ3n) is 4.93. The van der Waals surface area contributed by atoms with Gasteiger partial charge in [-0.2, -0.15) is 0 Å². The van der Waals surface area contributed by atoms with Gasteiger partial charge in [0.15, 0.2) is 23.0 Å². The molecule has 148 valence electrons. The van der Waals surface area contributed by atoms with Gasteiger partial charge in [0, 0.05) is 17.1 Å². The first kappa shape index (κ1) is 18.5. The van der Waals surface area contributed by atoms with Crippen molar-refractivity contribution in [2.75, 3.05) is 21.3 Å². The fraction of sp³-hybridized carbons (Fsp3) is 0.136. The molecule has 0 unspecified atom stereocenters. The van der Waals surface area contributed by atoms with Gasteiger partial charge in [-0.05, 0) is 47.3 Å². The molecular formula is C22H19NO6. The number of phenolic OH excluding ortho intramolecular Hbond substituents is 2. The van der Waals surface area contributed by atoms with Crippen LogP contribution in [0.1, 0.15) is 10.5 Å². The highest BCUT2D eigenvalue weighted by Gasteiger charge is 2.20. The number of aromatic hydroxyl groups is 2. The molecule has 0 radical (unpaired) electrons. The number of benzene rings is 2. The number of carbonyl (C=O) groups excluding carboxylic acids is 1. The number of hydrogen-bond donors (Lipinski definition) is 2. The molecule has 4 aromatic rings. The van der Waals surface area contributed by atoms with Crippen molar-refractivity contribution >= 4 is 22.3 Å². The Morgan fingerprint density at radius 1 is 0.897 bits per heavy atom. The smallest absolute Gasteiger partial charge is 0.355 e. The number of fused-ring (bicyclic) bond motifs is 3. The molecule has 0 aliphatic heterocycles. The fourth-order valence-corrected chi connectivity index (χ4v) is 3.53. The van der Waals surface area contributed by atoms with Crippen LogP contribution < -0.4 is 9.47 Å². The van der Waals surface area contributed by atoms with Crippen molar-refractivity contribution in [1.29, 1.82) is 0 Å². The molecule has 0 fully saturated rings. The van der Waals surface area contributed by atoms with Crippen LogP contribution in [-0.4, -0.2) is 41.9 Å². The summed E-state index contributed by atoms with van der Waals surface area (Å²) in [4.78, 5) is 12.4. The molecule has 4 rings (SSSR count). The molecule has 0 bridgehead atoms. The molecule has 29 heavy (non-hydrogen) atoms. The van der Waals surface area contributed by atoms with Crippen molar-refractivity contribution in [3.8, 4) is 34.1 Å². The third-order valence-corrected chi connectivity index (χ3v) is 4.93. The predicted octanol–water partition coefficient (Wildman–Crippen LogP) is 3.97. The summed E-state index contributed by atoms with van der Waals surface area (Å²) in [6.45, 7) is 0. The quantitative estimate of drug-likeness (QED) is 0.510. The largest absolute Gasteiger partial charge is 0.504 e. The van der Waals surface area contributed by atoms with Crippen LogP contribution in [0.5, 0.6) is 23.0 Å². The fourth-order valence-electron chi connectivity index (χ4n) is 3.53. The maximum absolute atomic E-state index is 12.4. The van der Waals surface area contributed by atoms with Crippen LogP contribution in [-0.2, 0) is 4.74 Å². The summed E-state index contributed by atoms with van der Waals surface area (Å²) in [5, 5.41) is 21.6. The molecule has 7 heteroatoms. The number of ether oxygens (including phenoxy) is 3. The molecule has 0 saturated carbocycles. The third kappa shape index (κ3) is 2.87. The van der Waals surface area contributed by atoms with E-state index in [9.17, 15) is 15.0 Å². The van der Waals surface area contributed by atoms with Crippen molar-refractivity contribution in [1.82, 2.24) is 4.40 Å². The molecule has 0 spiro atoms. The topological polar surface area (TPSA) is 89.6 Å². The molecule has 0 atom stereocenters. The van der Waals surface area contributed by atoms with Gasteiger partial charge in [0.2, 0.25) is 0 Å². The Bertz CT molecular complexity index is 1260. The van der Waals surface area contributed by atoms with Crippen molar-refractivity contribution < 1.29 is 29.2 Å². The number of carbonyl (C=O) groups is 1. The first-order valence-corrected chi connectivity index (χ1v) is 8.79. The average molecular weight is 393 g/mol. The van der Waals surface area contributed by atoms with Gasteiger partial charge in [-0.25, -0.2) is 4.79 Å². The lowest BCUT2D eigenvalue weighted by atomic mass is 10.0. The molecule has 2 aromatic heterocycles. The molecule has 0 aliphatic carbocycles. The highest BCUT2D eigenvalue weighted by atomic mass is 16.5. The number of methoxy groups -OCH3 is 3. The molecule has 0 aliphatic rings. The highest BCUT2D eigenvalue weighted by Crippen LogP contribution is 2.40. The molecule has 2 heterocycles. The second-order valence-corrected chi connectivity index (χ2v) is 6.47. The van der Waals surface area contributed by atoms with E-state index in [4.69, 9.17) is 14.2 Å². The van der Waals surface area contributed by atoms with Crippen molar-refractivity contribution in [2.24, 2.45) is 0 Å². The van der Waals surface area contributed by atoms with Gasteiger partial charge in [0.1, 0.15) is 5.69 Å². The van der Waals surface area contributed by atoms with E-state index in [-0.39, 0.29) is 11.5 Å². The Morgan fingerprint density at radius 3 is 2.31 bits per heavy atom. The number of rotatable bonds is 4. The molecule has 2 N–H and O–H groups in total. The Morgan fingerprint density at radius 2 is 1.62 bits per heavy atom. The minimum atomic E-state index is -0.484.